The number of nitro groups is 1. The third-order valence-electron chi connectivity index (χ3n) is 3.55. The first-order chi connectivity index (χ1) is 11.7. The van der Waals surface area contributed by atoms with Crippen molar-refractivity contribution in [2.45, 2.75) is 0 Å². The molecular formula is C19H15NO4. The summed E-state index contributed by atoms with van der Waals surface area (Å²) in [5, 5.41) is 10.9. The van der Waals surface area contributed by atoms with Crippen LogP contribution in [-0.4, -0.2) is 12.0 Å². The lowest BCUT2D eigenvalue weighted by molar-refractivity contribution is -0.385. The molecule has 0 saturated heterocycles. The van der Waals surface area contributed by atoms with Gasteiger partial charge in [-0.3, -0.25) is 10.1 Å². The zero-order valence-electron chi connectivity index (χ0n) is 13.0. The minimum Gasteiger partial charge on any atom is -0.490 e. The van der Waals surface area contributed by atoms with Crippen molar-refractivity contribution in [1.82, 2.24) is 0 Å². The maximum atomic E-state index is 10.9. The number of hydrogen-bond acceptors (Lipinski definition) is 4. The predicted octanol–water partition coefficient (Wildman–Crippen LogP) is 5.06. The van der Waals surface area contributed by atoms with Gasteiger partial charge in [0.15, 0.2) is 0 Å². The van der Waals surface area contributed by atoms with Crippen LogP contribution in [0.1, 0.15) is 0 Å². The molecule has 3 aromatic carbocycles. The van der Waals surface area contributed by atoms with E-state index in [9.17, 15) is 10.1 Å². The van der Waals surface area contributed by atoms with Gasteiger partial charge in [0.2, 0.25) is 5.75 Å². The van der Waals surface area contributed by atoms with Crippen LogP contribution in [0.4, 0.5) is 5.69 Å². The molecule has 5 nitrogen and oxygen atoms in total. The third-order valence-corrected chi connectivity index (χ3v) is 3.55. The molecule has 0 fully saturated rings. The minimum absolute atomic E-state index is 0.0933. The van der Waals surface area contributed by atoms with Gasteiger partial charge in [0.25, 0.3) is 0 Å². The lowest BCUT2D eigenvalue weighted by Crippen LogP contribution is -1.94. The van der Waals surface area contributed by atoms with Crippen molar-refractivity contribution in [3.63, 3.8) is 0 Å². The number of rotatable bonds is 5. The summed E-state index contributed by atoms with van der Waals surface area (Å²) in [4.78, 5) is 10.4. The summed E-state index contributed by atoms with van der Waals surface area (Å²) in [6, 6.07) is 22.1. The molecule has 3 aromatic rings. The molecule has 0 atom stereocenters. The average Bonchev–Trinajstić information content (AvgIpc) is 2.63. The second kappa shape index (κ2) is 6.83. The standard InChI is InChI=1S/C19H15NO4/c1-23-19-13-17(11-12-18(19)20(21)22)24-16-9-7-15(8-10-16)14-5-3-2-4-6-14/h2-13H,1H3. The van der Waals surface area contributed by atoms with Crippen LogP contribution in [0, 0.1) is 10.1 Å². The smallest absolute Gasteiger partial charge is 0.311 e. The highest BCUT2D eigenvalue weighted by molar-refractivity contribution is 5.64. The van der Waals surface area contributed by atoms with E-state index in [4.69, 9.17) is 9.47 Å². The van der Waals surface area contributed by atoms with Crippen LogP contribution < -0.4 is 9.47 Å². The van der Waals surface area contributed by atoms with Crippen LogP contribution in [0.15, 0.2) is 72.8 Å². The quantitative estimate of drug-likeness (QED) is 0.486. The van der Waals surface area contributed by atoms with E-state index in [0.717, 1.165) is 11.1 Å². The molecule has 0 saturated carbocycles. The highest BCUT2D eigenvalue weighted by atomic mass is 16.6. The zero-order chi connectivity index (χ0) is 16.9. The molecule has 0 amide bonds. The number of nitrogens with zero attached hydrogens (tertiary/aromatic N) is 1. The van der Waals surface area contributed by atoms with E-state index in [1.54, 1.807) is 6.07 Å². The minimum atomic E-state index is -0.489. The van der Waals surface area contributed by atoms with E-state index in [-0.39, 0.29) is 11.4 Å². The topological polar surface area (TPSA) is 61.6 Å². The van der Waals surface area contributed by atoms with E-state index in [1.807, 2.05) is 54.6 Å². The highest BCUT2D eigenvalue weighted by Gasteiger charge is 2.15. The van der Waals surface area contributed by atoms with Crippen LogP contribution in [-0.2, 0) is 0 Å². The van der Waals surface area contributed by atoms with E-state index in [0.29, 0.717) is 11.5 Å². The summed E-state index contributed by atoms with van der Waals surface area (Å²) in [6.07, 6.45) is 0. The molecule has 24 heavy (non-hydrogen) atoms. The Morgan fingerprint density at radius 1 is 0.833 bits per heavy atom. The van der Waals surface area contributed by atoms with Crippen LogP contribution in [0.5, 0.6) is 17.2 Å². The predicted molar refractivity (Wildman–Crippen MR) is 91.6 cm³/mol. The first-order valence-electron chi connectivity index (χ1n) is 7.33. The van der Waals surface area contributed by atoms with Gasteiger partial charge in [-0.05, 0) is 29.3 Å². The molecule has 0 N–H and O–H groups in total. The summed E-state index contributed by atoms with van der Waals surface area (Å²) in [5.74, 6) is 1.29. The SMILES string of the molecule is COc1cc(Oc2ccc(-c3ccccc3)cc2)ccc1[N+](=O)[O-]. The molecule has 0 spiro atoms. The van der Waals surface area contributed by atoms with Crippen molar-refractivity contribution in [1.29, 1.82) is 0 Å². The first kappa shape index (κ1) is 15.6. The van der Waals surface area contributed by atoms with E-state index in [1.165, 1.54) is 19.2 Å². The summed E-state index contributed by atoms with van der Waals surface area (Å²) < 4.78 is 10.8. The number of hydrogen-bond donors (Lipinski definition) is 0. The van der Waals surface area contributed by atoms with E-state index in [2.05, 4.69) is 0 Å². The van der Waals surface area contributed by atoms with Crippen molar-refractivity contribution in [3.05, 3.63) is 82.9 Å². The number of benzene rings is 3. The molecule has 0 aliphatic rings. The fraction of sp³-hybridized carbons (Fsp3) is 0.0526. The molecule has 0 aliphatic heterocycles. The monoisotopic (exact) mass is 321 g/mol. The van der Waals surface area contributed by atoms with Gasteiger partial charge in [-0.25, -0.2) is 0 Å². The molecule has 0 bridgehead atoms. The highest BCUT2D eigenvalue weighted by Crippen LogP contribution is 2.33. The molecule has 120 valence electrons. The van der Waals surface area contributed by atoms with Crippen molar-refractivity contribution >= 4 is 5.69 Å². The van der Waals surface area contributed by atoms with Gasteiger partial charge in [-0.2, -0.15) is 0 Å². The Kier molecular flexibility index (Phi) is 4.43. The van der Waals surface area contributed by atoms with Crippen molar-refractivity contribution in [2.75, 3.05) is 7.11 Å². The summed E-state index contributed by atoms with van der Waals surface area (Å²) in [5.41, 5.74) is 2.12. The molecule has 0 aliphatic carbocycles. The van der Waals surface area contributed by atoms with Gasteiger partial charge in [-0.15, -0.1) is 0 Å². The fourth-order valence-corrected chi connectivity index (χ4v) is 2.35. The molecule has 0 unspecified atom stereocenters. The van der Waals surface area contributed by atoms with Crippen LogP contribution in [0.3, 0.4) is 0 Å². The lowest BCUT2D eigenvalue weighted by atomic mass is 10.1. The summed E-state index contributed by atoms with van der Waals surface area (Å²) in [6.45, 7) is 0. The van der Waals surface area contributed by atoms with Gasteiger partial charge in [0.05, 0.1) is 12.0 Å². The van der Waals surface area contributed by atoms with Crippen LogP contribution >= 0.6 is 0 Å². The van der Waals surface area contributed by atoms with Gasteiger partial charge in [0, 0.05) is 12.1 Å². The zero-order valence-corrected chi connectivity index (χ0v) is 13.0. The fourth-order valence-electron chi connectivity index (χ4n) is 2.35. The summed E-state index contributed by atoms with van der Waals surface area (Å²) in [7, 11) is 1.39. The Labute approximate surface area is 139 Å². The summed E-state index contributed by atoms with van der Waals surface area (Å²) >= 11 is 0. The Morgan fingerprint density at radius 2 is 1.46 bits per heavy atom. The Hall–Kier alpha value is -3.34. The average molecular weight is 321 g/mol. The Morgan fingerprint density at radius 3 is 2.08 bits per heavy atom. The van der Waals surface area contributed by atoms with Crippen molar-refractivity contribution < 1.29 is 14.4 Å². The van der Waals surface area contributed by atoms with Crippen LogP contribution in [0.2, 0.25) is 0 Å². The maximum absolute atomic E-state index is 10.9. The number of nitro benzene ring substituents is 1. The van der Waals surface area contributed by atoms with Gasteiger partial charge >= 0.3 is 5.69 Å². The first-order valence-corrected chi connectivity index (χ1v) is 7.33. The van der Waals surface area contributed by atoms with Crippen molar-refractivity contribution in [3.8, 4) is 28.4 Å². The Balaban J connectivity index is 1.80. The van der Waals surface area contributed by atoms with Gasteiger partial charge in [0.1, 0.15) is 11.5 Å². The molecule has 5 heteroatoms. The van der Waals surface area contributed by atoms with Gasteiger partial charge in [-0.1, -0.05) is 42.5 Å². The third kappa shape index (κ3) is 3.35. The van der Waals surface area contributed by atoms with Gasteiger partial charge < -0.3 is 9.47 Å². The Bertz CT molecular complexity index is 845. The van der Waals surface area contributed by atoms with Crippen LogP contribution in [0.25, 0.3) is 11.1 Å². The second-order valence-electron chi connectivity index (χ2n) is 5.08. The van der Waals surface area contributed by atoms with E-state index >= 15 is 0 Å². The molecule has 0 heterocycles. The molecule has 0 radical (unpaired) electrons. The maximum Gasteiger partial charge on any atom is 0.311 e. The number of ether oxygens (including phenoxy) is 2. The van der Waals surface area contributed by atoms with E-state index < -0.39 is 4.92 Å². The second-order valence-corrected chi connectivity index (χ2v) is 5.08. The largest absolute Gasteiger partial charge is 0.490 e. The number of methoxy groups -OCH3 is 1. The molecule has 0 aromatic heterocycles. The molecule has 3 rings (SSSR count). The molecular weight excluding hydrogens is 306 g/mol. The van der Waals surface area contributed by atoms with Crippen molar-refractivity contribution in [2.24, 2.45) is 0 Å². The normalized spacial score (nSPS) is 10.2. The lowest BCUT2D eigenvalue weighted by Gasteiger charge is -2.09.